The first-order valence-electron chi connectivity index (χ1n) is 6.32. The maximum absolute atomic E-state index is 6.00. The van der Waals surface area contributed by atoms with Crippen LogP contribution in [-0.2, 0) is 0 Å². The van der Waals surface area contributed by atoms with Crippen molar-refractivity contribution in [2.24, 2.45) is 0 Å². The highest BCUT2D eigenvalue weighted by molar-refractivity contribution is 5.87. The Bertz CT molecular complexity index is 501. The Morgan fingerprint density at radius 2 is 1.39 bits per heavy atom. The van der Waals surface area contributed by atoms with Crippen molar-refractivity contribution >= 4 is 10.8 Å². The zero-order valence-corrected chi connectivity index (χ0v) is 11.5. The molecule has 2 heteroatoms. The third-order valence-electron chi connectivity index (χ3n) is 3.20. The highest BCUT2D eigenvalue weighted by atomic mass is 17.0. The maximum Gasteiger partial charge on any atom is -0.0146 e. The Morgan fingerprint density at radius 1 is 0.778 bits per heavy atom. The Kier molecular flexibility index (Phi) is 5.32. The molecule has 0 spiro atoms. The van der Waals surface area contributed by atoms with Gasteiger partial charge in [0.25, 0.3) is 0 Å². The summed E-state index contributed by atoms with van der Waals surface area (Å²) >= 11 is 0. The van der Waals surface area contributed by atoms with Crippen molar-refractivity contribution in [2.75, 3.05) is 0 Å². The molecule has 0 aliphatic rings. The molecule has 2 N–H and O–H groups in total. The molecule has 0 atom stereocenters. The second kappa shape index (κ2) is 6.53. The average Bonchev–Trinajstić information content (AvgIpc) is 2.39. The normalized spacial score (nSPS) is 10.7. The zero-order valence-electron chi connectivity index (χ0n) is 11.5. The van der Waals surface area contributed by atoms with E-state index in [9.17, 15) is 0 Å². The minimum atomic E-state index is 0.587. The third kappa shape index (κ3) is 2.89. The summed E-state index contributed by atoms with van der Waals surface area (Å²) in [5, 5.41) is 14.8. The van der Waals surface area contributed by atoms with Gasteiger partial charge in [-0.05, 0) is 33.7 Å². The van der Waals surface area contributed by atoms with Crippen LogP contribution >= 0.6 is 0 Å². The summed E-state index contributed by atoms with van der Waals surface area (Å²) in [6.45, 7) is 9.12. The number of hydrogen-bond donors (Lipinski definition) is 2. The fraction of sp³-hybridized carbons (Fsp3) is 0.375. The van der Waals surface area contributed by atoms with Gasteiger partial charge in [0.15, 0.2) is 0 Å². The van der Waals surface area contributed by atoms with Gasteiger partial charge in [-0.15, -0.1) is 0 Å². The molecule has 2 aromatic rings. The van der Waals surface area contributed by atoms with E-state index >= 15 is 0 Å². The molecule has 0 amide bonds. The van der Waals surface area contributed by atoms with Gasteiger partial charge in [-0.2, -0.15) is 0 Å². The molecule has 2 rings (SSSR count). The van der Waals surface area contributed by atoms with E-state index in [1.165, 1.54) is 21.9 Å². The average molecular weight is 246 g/mol. The lowest BCUT2D eigenvalue weighted by Gasteiger charge is -2.18. The predicted molar refractivity (Wildman–Crippen MR) is 77.4 cm³/mol. The molecule has 0 saturated heterocycles. The molecular weight excluding hydrogens is 224 g/mol. The van der Waals surface area contributed by atoms with E-state index in [0.29, 0.717) is 11.8 Å². The van der Waals surface area contributed by atoms with Crippen LogP contribution in [-0.4, -0.2) is 10.5 Å². The summed E-state index contributed by atoms with van der Waals surface area (Å²) in [5.74, 6) is 1.19. The van der Waals surface area contributed by atoms with Crippen molar-refractivity contribution < 1.29 is 10.5 Å². The van der Waals surface area contributed by atoms with Gasteiger partial charge >= 0.3 is 0 Å². The van der Waals surface area contributed by atoms with Gasteiger partial charge in [0.05, 0.1) is 0 Å². The van der Waals surface area contributed by atoms with Crippen molar-refractivity contribution in [1.82, 2.24) is 0 Å². The summed E-state index contributed by atoms with van der Waals surface area (Å²) in [6, 6.07) is 13.2. The number of hydrogen-bond acceptors (Lipinski definition) is 2. The molecule has 0 heterocycles. The summed E-state index contributed by atoms with van der Waals surface area (Å²) in [4.78, 5) is 0. The predicted octanol–water partition coefficient (Wildman–Crippen LogP) is 5.10. The van der Waals surface area contributed by atoms with E-state index < -0.39 is 0 Å². The Hall–Kier alpha value is -1.38. The summed E-state index contributed by atoms with van der Waals surface area (Å²) in [6.07, 6.45) is 0. The van der Waals surface area contributed by atoms with Crippen LogP contribution in [0.3, 0.4) is 0 Å². The number of rotatable bonds is 2. The van der Waals surface area contributed by atoms with Crippen LogP contribution in [0.2, 0.25) is 0 Å². The van der Waals surface area contributed by atoms with Gasteiger partial charge in [-0.25, -0.2) is 0 Å². The molecule has 0 unspecified atom stereocenters. The van der Waals surface area contributed by atoms with Gasteiger partial charge in [-0.1, -0.05) is 64.1 Å². The second-order valence-electron chi connectivity index (χ2n) is 5.10. The number of benzene rings is 2. The van der Waals surface area contributed by atoms with E-state index in [0.717, 1.165) is 0 Å². The van der Waals surface area contributed by atoms with E-state index in [2.05, 4.69) is 64.1 Å². The number of fused-ring (bicyclic) bond motifs is 1. The largest absolute Gasteiger partial charge is 0.255 e. The molecule has 0 fully saturated rings. The summed E-state index contributed by atoms with van der Waals surface area (Å²) in [7, 11) is 0. The molecule has 0 saturated carbocycles. The molecule has 0 aromatic heterocycles. The highest BCUT2D eigenvalue weighted by Crippen LogP contribution is 2.32. The SMILES string of the molecule is CC(C)c1ccc2ccccc2c1C(C)C.OO. The standard InChI is InChI=1S/C16H20.H2O2/c1-11(2)14-10-9-13-7-5-6-8-15(13)16(14)12(3)4;1-2/h5-12H,1-4H3;1-2H. The van der Waals surface area contributed by atoms with Crippen molar-refractivity contribution in [1.29, 1.82) is 0 Å². The smallest absolute Gasteiger partial charge is 0.0146 e. The van der Waals surface area contributed by atoms with E-state index in [4.69, 9.17) is 10.5 Å². The van der Waals surface area contributed by atoms with Crippen molar-refractivity contribution in [3.05, 3.63) is 47.5 Å². The lowest BCUT2D eigenvalue weighted by molar-refractivity contribution is -0.176. The molecule has 18 heavy (non-hydrogen) atoms. The maximum atomic E-state index is 6.00. The molecule has 0 aliphatic carbocycles. The molecular formula is C16H22O2. The third-order valence-corrected chi connectivity index (χ3v) is 3.20. The first kappa shape index (κ1) is 14.7. The monoisotopic (exact) mass is 246 g/mol. The lowest BCUT2D eigenvalue weighted by atomic mass is 9.86. The Labute approximate surface area is 109 Å². The van der Waals surface area contributed by atoms with Gasteiger partial charge < -0.3 is 0 Å². The molecule has 2 aromatic carbocycles. The fourth-order valence-corrected chi connectivity index (χ4v) is 2.46. The Morgan fingerprint density at radius 3 is 1.94 bits per heavy atom. The van der Waals surface area contributed by atoms with Crippen LogP contribution in [0.5, 0.6) is 0 Å². The zero-order chi connectivity index (χ0) is 13.7. The van der Waals surface area contributed by atoms with Gasteiger partial charge in [0.2, 0.25) is 0 Å². The molecule has 2 nitrogen and oxygen atoms in total. The first-order valence-corrected chi connectivity index (χ1v) is 6.32. The van der Waals surface area contributed by atoms with Gasteiger partial charge in [0, 0.05) is 0 Å². The van der Waals surface area contributed by atoms with Crippen molar-refractivity contribution in [3.63, 3.8) is 0 Å². The summed E-state index contributed by atoms with van der Waals surface area (Å²) < 4.78 is 0. The lowest BCUT2D eigenvalue weighted by Crippen LogP contribution is -1.99. The first-order chi connectivity index (χ1) is 8.61. The van der Waals surface area contributed by atoms with Crippen molar-refractivity contribution in [3.8, 4) is 0 Å². The van der Waals surface area contributed by atoms with E-state index in [1.807, 2.05) is 0 Å². The van der Waals surface area contributed by atoms with Gasteiger partial charge in [0.1, 0.15) is 0 Å². The minimum Gasteiger partial charge on any atom is -0.255 e. The van der Waals surface area contributed by atoms with Crippen LogP contribution < -0.4 is 0 Å². The quantitative estimate of drug-likeness (QED) is 0.571. The Balaban J connectivity index is 0.000000771. The molecule has 0 radical (unpaired) electrons. The van der Waals surface area contributed by atoms with Crippen LogP contribution in [0.4, 0.5) is 0 Å². The fourth-order valence-electron chi connectivity index (χ4n) is 2.46. The highest BCUT2D eigenvalue weighted by Gasteiger charge is 2.12. The van der Waals surface area contributed by atoms with Gasteiger partial charge in [-0.3, -0.25) is 10.5 Å². The molecule has 0 bridgehead atoms. The van der Waals surface area contributed by atoms with Crippen LogP contribution in [0.1, 0.15) is 50.7 Å². The minimum absolute atomic E-state index is 0.587. The topological polar surface area (TPSA) is 40.5 Å². The molecule has 0 aliphatic heterocycles. The van der Waals surface area contributed by atoms with Crippen LogP contribution in [0.15, 0.2) is 36.4 Å². The summed E-state index contributed by atoms with van der Waals surface area (Å²) in [5.41, 5.74) is 3.02. The van der Waals surface area contributed by atoms with Crippen LogP contribution in [0, 0.1) is 0 Å². The second-order valence-corrected chi connectivity index (χ2v) is 5.10. The van der Waals surface area contributed by atoms with Crippen molar-refractivity contribution in [2.45, 2.75) is 39.5 Å². The van der Waals surface area contributed by atoms with Crippen LogP contribution in [0.25, 0.3) is 10.8 Å². The van der Waals surface area contributed by atoms with E-state index in [1.54, 1.807) is 0 Å². The molecule has 98 valence electrons. The van der Waals surface area contributed by atoms with E-state index in [-0.39, 0.29) is 0 Å².